The summed E-state index contributed by atoms with van der Waals surface area (Å²) in [4.78, 5) is 13.3. The van der Waals surface area contributed by atoms with Crippen molar-refractivity contribution >= 4 is 12.0 Å². The van der Waals surface area contributed by atoms with Crippen molar-refractivity contribution < 1.29 is 9.53 Å². The van der Waals surface area contributed by atoms with Crippen molar-refractivity contribution in [3.05, 3.63) is 41.5 Å². The topological polar surface area (TPSA) is 55.6 Å². The summed E-state index contributed by atoms with van der Waals surface area (Å²) in [5, 5.41) is 0. The van der Waals surface area contributed by atoms with Crippen LogP contribution in [-0.4, -0.2) is 43.2 Å². The SMILES string of the molecule is CC(=Cc1ccccc1)CN1CCOC(C(N)=O)C1. The normalized spacial score (nSPS) is 21.3. The molecule has 0 aliphatic carbocycles. The van der Waals surface area contributed by atoms with Gasteiger partial charge in [0, 0.05) is 19.6 Å². The van der Waals surface area contributed by atoms with Crippen LogP contribution in [0.3, 0.4) is 0 Å². The number of nitrogens with zero attached hydrogens (tertiary/aromatic N) is 1. The number of primary amides is 1. The lowest BCUT2D eigenvalue weighted by atomic mass is 10.1. The molecule has 0 saturated carbocycles. The summed E-state index contributed by atoms with van der Waals surface area (Å²) in [6.45, 7) is 4.91. The maximum atomic E-state index is 11.1. The van der Waals surface area contributed by atoms with Crippen molar-refractivity contribution in [2.45, 2.75) is 13.0 Å². The second-order valence-corrected chi connectivity index (χ2v) is 4.90. The van der Waals surface area contributed by atoms with Gasteiger partial charge in [0.05, 0.1) is 6.61 Å². The van der Waals surface area contributed by atoms with Crippen molar-refractivity contribution in [1.82, 2.24) is 4.90 Å². The summed E-state index contributed by atoms with van der Waals surface area (Å²) in [7, 11) is 0. The molecule has 1 saturated heterocycles. The van der Waals surface area contributed by atoms with E-state index in [1.807, 2.05) is 18.2 Å². The maximum absolute atomic E-state index is 11.1. The van der Waals surface area contributed by atoms with Crippen LogP contribution in [0.2, 0.25) is 0 Å². The minimum absolute atomic E-state index is 0.380. The lowest BCUT2D eigenvalue weighted by Crippen LogP contribution is -2.48. The molecule has 2 rings (SSSR count). The van der Waals surface area contributed by atoms with E-state index >= 15 is 0 Å². The molecular formula is C15H20N2O2. The van der Waals surface area contributed by atoms with Gasteiger partial charge >= 0.3 is 0 Å². The zero-order valence-electron chi connectivity index (χ0n) is 11.2. The van der Waals surface area contributed by atoms with Crippen LogP contribution in [0, 0.1) is 0 Å². The summed E-state index contributed by atoms with van der Waals surface area (Å²) in [6, 6.07) is 10.2. The molecule has 0 spiro atoms. The van der Waals surface area contributed by atoms with E-state index in [0.717, 1.165) is 13.1 Å². The molecule has 4 heteroatoms. The van der Waals surface area contributed by atoms with Gasteiger partial charge in [0.2, 0.25) is 5.91 Å². The molecule has 1 aromatic carbocycles. The third-order valence-corrected chi connectivity index (χ3v) is 3.15. The quantitative estimate of drug-likeness (QED) is 0.887. The highest BCUT2D eigenvalue weighted by atomic mass is 16.5. The molecule has 1 fully saturated rings. The molecule has 1 amide bonds. The van der Waals surface area contributed by atoms with E-state index < -0.39 is 6.10 Å². The van der Waals surface area contributed by atoms with Crippen LogP contribution < -0.4 is 5.73 Å². The minimum atomic E-state index is -0.474. The van der Waals surface area contributed by atoms with Crippen LogP contribution >= 0.6 is 0 Å². The van der Waals surface area contributed by atoms with Crippen LogP contribution in [-0.2, 0) is 9.53 Å². The van der Waals surface area contributed by atoms with E-state index in [4.69, 9.17) is 10.5 Å². The van der Waals surface area contributed by atoms with Gasteiger partial charge in [-0.3, -0.25) is 9.69 Å². The molecular weight excluding hydrogens is 240 g/mol. The van der Waals surface area contributed by atoms with Gasteiger partial charge in [-0.15, -0.1) is 0 Å². The molecule has 0 radical (unpaired) electrons. The van der Waals surface area contributed by atoms with Gasteiger partial charge < -0.3 is 10.5 Å². The lowest BCUT2D eigenvalue weighted by molar-refractivity contribution is -0.134. The number of benzene rings is 1. The third-order valence-electron chi connectivity index (χ3n) is 3.15. The van der Waals surface area contributed by atoms with E-state index in [9.17, 15) is 4.79 Å². The number of carbonyl (C=O) groups is 1. The number of morpholine rings is 1. The summed E-state index contributed by atoms with van der Waals surface area (Å²) < 4.78 is 5.33. The predicted molar refractivity (Wildman–Crippen MR) is 75.5 cm³/mol. The predicted octanol–water partition coefficient (Wildman–Crippen LogP) is 1.28. The first-order chi connectivity index (χ1) is 9.15. The number of hydrogen-bond donors (Lipinski definition) is 1. The smallest absolute Gasteiger partial charge is 0.247 e. The molecule has 0 aromatic heterocycles. The van der Waals surface area contributed by atoms with Crippen LogP contribution in [0.25, 0.3) is 6.08 Å². The van der Waals surface area contributed by atoms with Crippen LogP contribution in [0.1, 0.15) is 12.5 Å². The largest absolute Gasteiger partial charge is 0.367 e. The molecule has 102 valence electrons. The molecule has 1 aliphatic heterocycles. The van der Waals surface area contributed by atoms with Gasteiger partial charge in [0.25, 0.3) is 0 Å². The summed E-state index contributed by atoms with van der Waals surface area (Å²) in [5.41, 5.74) is 7.73. The lowest BCUT2D eigenvalue weighted by Gasteiger charge is -2.31. The van der Waals surface area contributed by atoms with Crippen molar-refractivity contribution in [1.29, 1.82) is 0 Å². The standard InChI is InChI=1S/C15H20N2O2/c1-12(9-13-5-3-2-4-6-13)10-17-7-8-19-14(11-17)15(16)18/h2-6,9,14H,7-8,10-11H2,1H3,(H2,16,18). The fourth-order valence-corrected chi connectivity index (χ4v) is 2.25. The summed E-state index contributed by atoms with van der Waals surface area (Å²) >= 11 is 0. The minimum Gasteiger partial charge on any atom is -0.367 e. The molecule has 1 unspecified atom stereocenters. The third kappa shape index (κ3) is 4.19. The summed E-state index contributed by atoms with van der Waals surface area (Å²) in [6.07, 6.45) is 1.69. The van der Waals surface area contributed by atoms with Crippen molar-refractivity contribution in [3.8, 4) is 0 Å². The Morgan fingerprint density at radius 1 is 1.47 bits per heavy atom. The number of ether oxygens (including phenoxy) is 1. The second-order valence-electron chi connectivity index (χ2n) is 4.90. The molecule has 1 atom stereocenters. The zero-order chi connectivity index (χ0) is 13.7. The highest BCUT2D eigenvalue weighted by Crippen LogP contribution is 2.11. The van der Waals surface area contributed by atoms with Gasteiger partial charge in [-0.2, -0.15) is 0 Å². The average molecular weight is 260 g/mol. The van der Waals surface area contributed by atoms with E-state index in [1.165, 1.54) is 11.1 Å². The number of rotatable bonds is 4. The number of carbonyl (C=O) groups excluding carboxylic acids is 1. The molecule has 2 N–H and O–H groups in total. The Morgan fingerprint density at radius 2 is 2.21 bits per heavy atom. The Labute approximate surface area is 113 Å². The second kappa shape index (κ2) is 6.50. The first kappa shape index (κ1) is 13.8. The van der Waals surface area contributed by atoms with Gasteiger partial charge in [0.15, 0.2) is 0 Å². The van der Waals surface area contributed by atoms with Crippen LogP contribution in [0.15, 0.2) is 35.9 Å². The average Bonchev–Trinajstić information content (AvgIpc) is 2.40. The Hall–Kier alpha value is -1.65. The molecule has 19 heavy (non-hydrogen) atoms. The van der Waals surface area contributed by atoms with E-state index in [2.05, 4.69) is 30.0 Å². The van der Waals surface area contributed by atoms with E-state index in [1.54, 1.807) is 0 Å². The fourth-order valence-electron chi connectivity index (χ4n) is 2.25. The summed E-state index contributed by atoms with van der Waals surface area (Å²) in [5.74, 6) is -0.380. The first-order valence-corrected chi connectivity index (χ1v) is 6.50. The maximum Gasteiger partial charge on any atom is 0.247 e. The van der Waals surface area contributed by atoms with E-state index in [0.29, 0.717) is 13.2 Å². The molecule has 4 nitrogen and oxygen atoms in total. The Balaban J connectivity index is 1.93. The van der Waals surface area contributed by atoms with Crippen molar-refractivity contribution in [3.63, 3.8) is 0 Å². The van der Waals surface area contributed by atoms with Crippen molar-refractivity contribution in [2.24, 2.45) is 5.73 Å². The Morgan fingerprint density at radius 3 is 2.89 bits per heavy atom. The van der Waals surface area contributed by atoms with Crippen LogP contribution in [0.4, 0.5) is 0 Å². The first-order valence-electron chi connectivity index (χ1n) is 6.50. The molecule has 1 heterocycles. The number of nitrogens with two attached hydrogens (primary N) is 1. The molecule has 1 aliphatic rings. The monoisotopic (exact) mass is 260 g/mol. The van der Waals surface area contributed by atoms with Gasteiger partial charge in [0.1, 0.15) is 6.10 Å². The highest BCUT2D eigenvalue weighted by molar-refractivity contribution is 5.79. The zero-order valence-corrected chi connectivity index (χ0v) is 11.2. The Bertz CT molecular complexity index is 456. The van der Waals surface area contributed by atoms with Crippen LogP contribution in [0.5, 0.6) is 0 Å². The number of hydrogen-bond acceptors (Lipinski definition) is 3. The number of amides is 1. The molecule has 0 bridgehead atoms. The van der Waals surface area contributed by atoms with Gasteiger partial charge in [-0.1, -0.05) is 42.0 Å². The fraction of sp³-hybridized carbons (Fsp3) is 0.400. The van der Waals surface area contributed by atoms with Gasteiger partial charge in [-0.25, -0.2) is 0 Å². The van der Waals surface area contributed by atoms with E-state index in [-0.39, 0.29) is 5.91 Å². The Kier molecular flexibility index (Phi) is 4.71. The highest BCUT2D eigenvalue weighted by Gasteiger charge is 2.24. The van der Waals surface area contributed by atoms with Crippen molar-refractivity contribution in [2.75, 3.05) is 26.2 Å². The molecule has 1 aromatic rings. The van der Waals surface area contributed by atoms with Gasteiger partial charge in [-0.05, 0) is 12.5 Å².